The predicted octanol–water partition coefficient (Wildman–Crippen LogP) is 2.82. The molecule has 0 radical (unpaired) electrons. The molecule has 0 aliphatic rings. The second kappa shape index (κ2) is 6.00. The molecule has 0 saturated heterocycles. The first-order valence-corrected chi connectivity index (χ1v) is 5.02. The third-order valence-electron chi connectivity index (χ3n) is 2.16. The Morgan fingerprint density at radius 3 is 2.87 bits per heavy atom. The summed E-state index contributed by atoms with van der Waals surface area (Å²) < 4.78 is 5.36. The maximum Gasteiger partial charge on any atom is 0.0991 e. The summed E-state index contributed by atoms with van der Waals surface area (Å²) in [7, 11) is 0. The van der Waals surface area contributed by atoms with E-state index in [1.165, 1.54) is 0 Å². The molecule has 1 aromatic carbocycles. The van der Waals surface area contributed by atoms with E-state index in [2.05, 4.69) is 12.6 Å². The van der Waals surface area contributed by atoms with Crippen molar-refractivity contribution in [2.45, 2.75) is 20.0 Å². The summed E-state index contributed by atoms with van der Waals surface area (Å²) in [5.74, 6) is 0. The molecule has 15 heavy (non-hydrogen) atoms. The molecule has 0 bridgehead atoms. The molecule has 0 aliphatic carbocycles. The first-order chi connectivity index (χ1) is 7.31. The molecule has 0 spiro atoms. The zero-order valence-electron chi connectivity index (χ0n) is 8.99. The van der Waals surface area contributed by atoms with Gasteiger partial charge in [-0.1, -0.05) is 12.1 Å². The highest BCUT2D eigenvalue weighted by molar-refractivity contribution is 5.38. The number of hydrogen-bond donors (Lipinski definition) is 0. The Kier molecular flexibility index (Phi) is 4.59. The lowest BCUT2D eigenvalue weighted by atomic mass is 10.0. The van der Waals surface area contributed by atoms with Gasteiger partial charge in [0.05, 0.1) is 18.2 Å². The third-order valence-corrected chi connectivity index (χ3v) is 2.16. The van der Waals surface area contributed by atoms with Crippen molar-refractivity contribution < 1.29 is 4.74 Å². The van der Waals surface area contributed by atoms with Crippen molar-refractivity contribution in [3.63, 3.8) is 0 Å². The standard InChI is InChI=1S/C13H15NO/c1-3-5-12-8-11(9-14)6-7-13(12)10-15-4-2/h3,6-8H,1,4-5,10H2,2H3. The second-order valence-corrected chi connectivity index (χ2v) is 3.23. The van der Waals surface area contributed by atoms with Crippen molar-refractivity contribution in [2.75, 3.05) is 6.61 Å². The monoisotopic (exact) mass is 201 g/mol. The molecule has 0 aromatic heterocycles. The minimum atomic E-state index is 0.603. The highest BCUT2D eigenvalue weighted by atomic mass is 16.5. The van der Waals surface area contributed by atoms with Crippen LogP contribution in [0.2, 0.25) is 0 Å². The quantitative estimate of drug-likeness (QED) is 0.686. The van der Waals surface area contributed by atoms with Crippen molar-refractivity contribution in [1.82, 2.24) is 0 Å². The lowest BCUT2D eigenvalue weighted by Gasteiger charge is -2.08. The molecule has 2 nitrogen and oxygen atoms in total. The molecule has 0 heterocycles. The van der Waals surface area contributed by atoms with Gasteiger partial charge in [0.25, 0.3) is 0 Å². The van der Waals surface area contributed by atoms with Crippen molar-refractivity contribution in [3.8, 4) is 6.07 Å². The number of nitrogens with zero attached hydrogens (tertiary/aromatic N) is 1. The number of allylic oxidation sites excluding steroid dienone is 1. The number of hydrogen-bond acceptors (Lipinski definition) is 2. The Bertz CT molecular complexity index is 377. The molecular formula is C13H15NO. The zero-order valence-corrected chi connectivity index (χ0v) is 8.99. The topological polar surface area (TPSA) is 33.0 Å². The molecule has 0 atom stereocenters. The van der Waals surface area contributed by atoms with Crippen molar-refractivity contribution in [1.29, 1.82) is 5.26 Å². The largest absolute Gasteiger partial charge is 0.377 e. The Balaban J connectivity index is 2.93. The van der Waals surface area contributed by atoms with Crippen molar-refractivity contribution in [2.24, 2.45) is 0 Å². The highest BCUT2D eigenvalue weighted by Gasteiger charge is 2.02. The summed E-state index contributed by atoms with van der Waals surface area (Å²) >= 11 is 0. The summed E-state index contributed by atoms with van der Waals surface area (Å²) in [5.41, 5.74) is 2.94. The summed E-state index contributed by atoms with van der Waals surface area (Å²) in [6.07, 6.45) is 2.61. The van der Waals surface area contributed by atoms with E-state index in [4.69, 9.17) is 10.00 Å². The molecular weight excluding hydrogens is 186 g/mol. The molecule has 0 fully saturated rings. The molecule has 0 saturated carbocycles. The van der Waals surface area contributed by atoms with Crippen LogP contribution in [-0.2, 0) is 17.8 Å². The van der Waals surface area contributed by atoms with Gasteiger partial charge in [-0.25, -0.2) is 0 Å². The molecule has 78 valence electrons. The zero-order chi connectivity index (χ0) is 11.1. The van der Waals surface area contributed by atoms with E-state index < -0.39 is 0 Å². The summed E-state index contributed by atoms with van der Waals surface area (Å²) in [5, 5.41) is 8.79. The van der Waals surface area contributed by atoms with Crippen LogP contribution in [-0.4, -0.2) is 6.61 Å². The lowest BCUT2D eigenvalue weighted by Crippen LogP contribution is -1.98. The van der Waals surface area contributed by atoms with E-state index in [1.54, 1.807) is 0 Å². The molecule has 0 amide bonds. The fourth-order valence-electron chi connectivity index (χ4n) is 1.39. The van der Waals surface area contributed by atoms with Crippen LogP contribution in [0, 0.1) is 11.3 Å². The SMILES string of the molecule is C=CCc1cc(C#N)ccc1COCC. The van der Waals surface area contributed by atoms with E-state index in [9.17, 15) is 0 Å². The van der Waals surface area contributed by atoms with Crippen LogP contribution in [0.1, 0.15) is 23.6 Å². The fourth-order valence-corrected chi connectivity index (χ4v) is 1.39. The van der Waals surface area contributed by atoms with Gasteiger partial charge in [0.2, 0.25) is 0 Å². The van der Waals surface area contributed by atoms with Gasteiger partial charge in [-0.05, 0) is 36.6 Å². The number of nitriles is 1. The molecule has 0 unspecified atom stereocenters. The van der Waals surface area contributed by atoms with E-state index >= 15 is 0 Å². The highest BCUT2D eigenvalue weighted by Crippen LogP contribution is 2.14. The van der Waals surface area contributed by atoms with Gasteiger partial charge < -0.3 is 4.74 Å². The van der Waals surface area contributed by atoms with Gasteiger partial charge in [0.15, 0.2) is 0 Å². The maximum atomic E-state index is 8.79. The van der Waals surface area contributed by atoms with Crippen LogP contribution >= 0.6 is 0 Å². The molecule has 1 rings (SSSR count). The van der Waals surface area contributed by atoms with Crippen molar-refractivity contribution >= 4 is 0 Å². The summed E-state index contributed by atoms with van der Waals surface area (Å²) in [6, 6.07) is 7.80. The Morgan fingerprint density at radius 2 is 2.27 bits per heavy atom. The second-order valence-electron chi connectivity index (χ2n) is 3.23. The van der Waals surface area contributed by atoms with Crippen LogP contribution in [0.5, 0.6) is 0 Å². The average Bonchev–Trinajstić information content (AvgIpc) is 2.27. The third kappa shape index (κ3) is 3.23. The minimum Gasteiger partial charge on any atom is -0.377 e. The van der Waals surface area contributed by atoms with E-state index in [0.29, 0.717) is 18.8 Å². The predicted molar refractivity (Wildman–Crippen MR) is 60.4 cm³/mol. The summed E-state index contributed by atoms with van der Waals surface area (Å²) in [4.78, 5) is 0. The van der Waals surface area contributed by atoms with Gasteiger partial charge in [0, 0.05) is 6.61 Å². The smallest absolute Gasteiger partial charge is 0.0991 e. The van der Waals surface area contributed by atoms with E-state index in [0.717, 1.165) is 17.5 Å². The van der Waals surface area contributed by atoms with Gasteiger partial charge >= 0.3 is 0 Å². The first kappa shape index (κ1) is 11.5. The lowest BCUT2D eigenvalue weighted by molar-refractivity contribution is 0.133. The number of ether oxygens (including phenoxy) is 1. The average molecular weight is 201 g/mol. The molecule has 2 heteroatoms. The van der Waals surface area contributed by atoms with Crippen LogP contribution in [0.3, 0.4) is 0 Å². The fraction of sp³-hybridized carbons (Fsp3) is 0.308. The van der Waals surface area contributed by atoms with Crippen molar-refractivity contribution in [3.05, 3.63) is 47.5 Å². The molecule has 1 aromatic rings. The molecule has 0 N–H and O–H groups in total. The normalized spacial score (nSPS) is 9.60. The Hall–Kier alpha value is -1.59. The van der Waals surface area contributed by atoms with Crippen LogP contribution < -0.4 is 0 Å². The van der Waals surface area contributed by atoms with Gasteiger partial charge in [-0.15, -0.1) is 6.58 Å². The Morgan fingerprint density at radius 1 is 1.47 bits per heavy atom. The minimum absolute atomic E-state index is 0.603. The Labute approximate surface area is 90.8 Å². The summed E-state index contributed by atoms with van der Waals surface area (Å²) in [6.45, 7) is 6.98. The van der Waals surface area contributed by atoms with Crippen LogP contribution in [0.15, 0.2) is 30.9 Å². The number of rotatable bonds is 5. The molecule has 0 aliphatic heterocycles. The van der Waals surface area contributed by atoms with Crippen LogP contribution in [0.4, 0.5) is 0 Å². The van der Waals surface area contributed by atoms with Gasteiger partial charge in [-0.3, -0.25) is 0 Å². The first-order valence-electron chi connectivity index (χ1n) is 5.02. The van der Waals surface area contributed by atoms with E-state index in [1.807, 2.05) is 31.2 Å². The van der Waals surface area contributed by atoms with Crippen LogP contribution in [0.25, 0.3) is 0 Å². The van der Waals surface area contributed by atoms with E-state index in [-0.39, 0.29) is 0 Å². The number of benzene rings is 1. The van der Waals surface area contributed by atoms with Gasteiger partial charge in [0.1, 0.15) is 0 Å². The maximum absolute atomic E-state index is 8.79. The van der Waals surface area contributed by atoms with Gasteiger partial charge in [-0.2, -0.15) is 5.26 Å².